The Morgan fingerprint density at radius 2 is 1.92 bits per heavy atom. The van der Waals surface area contributed by atoms with E-state index in [1.165, 1.54) is 26.1 Å². The monoisotopic (exact) mass is 178 g/mol. The van der Waals surface area contributed by atoms with Crippen LogP contribution in [0.4, 0.5) is 0 Å². The molecular formula is C9H10N2O2. The molecule has 0 spiro atoms. The lowest BCUT2D eigenvalue weighted by atomic mass is 10.0. The summed E-state index contributed by atoms with van der Waals surface area (Å²) in [7, 11) is 0. The van der Waals surface area contributed by atoms with Crippen molar-refractivity contribution >= 4 is 11.6 Å². The first-order valence-corrected chi connectivity index (χ1v) is 3.82. The maximum atomic E-state index is 11.1. The highest BCUT2D eigenvalue weighted by atomic mass is 16.1. The largest absolute Gasteiger partial charge is 0.347 e. The second-order valence-electron chi connectivity index (χ2n) is 2.75. The molecule has 0 aromatic carbocycles. The van der Waals surface area contributed by atoms with Gasteiger partial charge in [0.2, 0.25) is 0 Å². The van der Waals surface area contributed by atoms with Gasteiger partial charge in [0, 0.05) is 11.8 Å². The predicted octanol–water partition coefficient (Wildman–Crippen LogP) is 0.899. The van der Waals surface area contributed by atoms with Gasteiger partial charge in [0.15, 0.2) is 11.6 Å². The summed E-state index contributed by atoms with van der Waals surface area (Å²) in [6.45, 7) is 2.72. The number of pyridine rings is 1. The number of hydrogen-bond acceptors (Lipinski definition) is 3. The van der Waals surface area contributed by atoms with E-state index in [4.69, 9.17) is 5.41 Å². The summed E-state index contributed by atoms with van der Waals surface area (Å²) in [5.74, 6) is -0.472. The van der Waals surface area contributed by atoms with Crippen LogP contribution in [0.3, 0.4) is 0 Å². The topological polar surface area (TPSA) is 73.8 Å². The molecule has 2 N–H and O–H groups in total. The fourth-order valence-electron chi connectivity index (χ4n) is 1.16. The molecule has 0 aliphatic rings. The first-order chi connectivity index (χ1) is 6.04. The van der Waals surface area contributed by atoms with E-state index < -0.39 is 0 Å². The third-order valence-electron chi connectivity index (χ3n) is 1.73. The second kappa shape index (κ2) is 3.35. The van der Waals surface area contributed by atoms with Gasteiger partial charge in [-0.05, 0) is 19.9 Å². The molecule has 68 valence electrons. The molecule has 0 atom stereocenters. The molecule has 0 unspecified atom stereocenters. The van der Waals surface area contributed by atoms with Crippen molar-refractivity contribution in [3.8, 4) is 0 Å². The third-order valence-corrected chi connectivity index (χ3v) is 1.73. The molecular weight excluding hydrogens is 168 g/mol. The molecule has 1 heterocycles. The van der Waals surface area contributed by atoms with Gasteiger partial charge >= 0.3 is 0 Å². The molecule has 0 saturated carbocycles. The number of ketones is 2. The molecule has 13 heavy (non-hydrogen) atoms. The number of carbonyl (C=O) groups is 2. The summed E-state index contributed by atoms with van der Waals surface area (Å²) in [5, 5.41) is 7.41. The summed E-state index contributed by atoms with van der Waals surface area (Å²) in [6.07, 6.45) is 1.48. The van der Waals surface area contributed by atoms with Crippen molar-refractivity contribution in [3.05, 3.63) is 28.9 Å². The second-order valence-corrected chi connectivity index (χ2v) is 2.75. The van der Waals surface area contributed by atoms with Crippen molar-refractivity contribution in [2.24, 2.45) is 0 Å². The number of aromatic amines is 1. The quantitative estimate of drug-likeness (QED) is 0.660. The summed E-state index contributed by atoms with van der Waals surface area (Å²) >= 11 is 0. The van der Waals surface area contributed by atoms with Crippen molar-refractivity contribution < 1.29 is 9.59 Å². The Labute approximate surface area is 75.1 Å². The lowest BCUT2D eigenvalue weighted by molar-refractivity contribution is 0.0979. The Hall–Kier alpha value is -1.71. The fourth-order valence-corrected chi connectivity index (χ4v) is 1.16. The zero-order valence-corrected chi connectivity index (χ0v) is 7.47. The van der Waals surface area contributed by atoms with Gasteiger partial charge in [0.1, 0.15) is 5.49 Å². The van der Waals surface area contributed by atoms with Crippen LogP contribution in [0.2, 0.25) is 0 Å². The molecule has 0 saturated heterocycles. The Kier molecular flexibility index (Phi) is 2.41. The van der Waals surface area contributed by atoms with Crippen LogP contribution in [-0.4, -0.2) is 16.6 Å². The number of H-pyrrole nitrogens is 1. The Morgan fingerprint density at radius 1 is 1.31 bits per heavy atom. The zero-order chi connectivity index (χ0) is 10.0. The predicted molar refractivity (Wildman–Crippen MR) is 46.7 cm³/mol. The van der Waals surface area contributed by atoms with Crippen LogP contribution in [0, 0.1) is 5.41 Å². The van der Waals surface area contributed by atoms with E-state index in [9.17, 15) is 9.59 Å². The van der Waals surface area contributed by atoms with Gasteiger partial charge in [0.25, 0.3) is 0 Å². The van der Waals surface area contributed by atoms with Crippen LogP contribution in [0.5, 0.6) is 0 Å². The lowest BCUT2D eigenvalue weighted by Gasteiger charge is -2.01. The van der Waals surface area contributed by atoms with Gasteiger partial charge in [-0.15, -0.1) is 0 Å². The van der Waals surface area contributed by atoms with Crippen molar-refractivity contribution in [2.45, 2.75) is 13.8 Å². The standard InChI is InChI=1S/C9H10N2O2/c1-5(12)7-3-4-11-9(10)8(7)6(2)13/h3-4H,1-2H3,(H2,10,11). The van der Waals surface area contributed by atoms with Gasteiger partial charge in [-0.1, -0.05) is 0 Å². The minimum Gasteiger partial charge on any atom is -0.347 e. The van der Waals surface area contributed by atoms with Crippen molar-refractivity contribution in [1.82, 2.24) is 4.98 Å². The third kappa shape index (κ3) is 1.72. The van der Waals surface area contributed by atoms with Crippen molar-refractivity contribution in [1.29, 1.82) is 5.41 Å². The minimum absolute atomic E-state index is 0.0137. The molecule has 1 rings (SSSR count). The van der Waals surface area contributed by atoms with Gasteiger partial charge < -0.3 is 4.98 Å². The van der Waals surface area contributed by atoms with E-state index in [2.05, 4.69) is 4.98 Å². The summed E-state index contributed by atoms with van der Waals surface area (Å²) < 4.78 is 0. The van der Waals surface area contributed by atoms with Crippen LogP contribution in [-0.2, 0) is 0 Å². The van der Waals surface area contributed by atoms with Crippen LogP contribution < -0.4 is 5.49 Å². The molecule has 1 aromatic rings. The van der Waals surface area contributed by atoms with E-state index in [0.717, 1.165) is 0 Å². The maximum absolute atomic E-state index is 11.1. The molecule has 4 nitrogen and oxygen atoms in total. The molecule has 0 amide bonds. The Morgan fingerprint density at radius 3 is 2.31 bits per heavy atom. The molecule has 1 aromatic heterocycles. The van der Waals surface area contributed by atoms with E-state index in [-0.39, 0.29) is 22.6 Å². The molecule has 0 aliphatic heterocycles. The number of nitrogens with one attached hydrogen (secondary N) is 2. The highest BCUT2D eigenvalue weighted by Gasteiger charge is 2.12. The van der Waals surface area contributed by atoms with Gasteiger partial charge in [-0.3, -0.25) is 15.0 Å². The van der Waals surface area contributed by atoms with E-state index >= 15 is 0 Å². The molecule has 0 aliphatic carbocycles. The van der Waals surface area contributed by atoms with E-state index in [0.29, 0.717) is 5.56 Å². The Bertz CT molecular complexity index is 418. The fraction of sp³-hybridized carbons (Fsp3) is 0.222. The number of aromatic nitrogens is 1. The summed E-state index contributed by atoms with van der Waals surface area (Å²) in [6, 6.07) is 1.51. The Balaban J connectivity index is 3.52. The number of carbonyl (C=O) groups excluding carboxylic acids is 2. The number of rotatable bonds is 2. The lowest BCUT2D eigenvalue weighted by Crippen LogP contribution is -2.20. The SMILES string of the molecule is CC(=O)c1cc[nH]c(=N)c1C(C)=O. The first-order valence-electron chi connectivity index (χ1n) is 3.82. The van der Waals surface area contributed by atoms with Gasteiger partial charge in [0.05, 0.1) is 5.56 Å². The normalized spacial score (nSPS) is 9.69. The maximum Gasteiger partial charge on any atom is 0.164 e. The van der Waals surface area contributed by atoms with Gasteiger partial charge in [-0.2, -0.15) is 0 Å². The average Bonchev–Trinajstić information content (AvgIpc) is 2.02. The molecule has 0 bridgehead atoms. The summed E-state index contributed by atoms with van der Waals surface area (Å²) in [5.41, 5.74) is 0.450. The van der Waals surface area contributed by atoms with Crippen molar-refractivity contribution in [2.75, 3.05) is 0 Å². The average molecular weight is 178 g/mol. The highest BCUT2D eigenvalue weighted by molar-refractivity contribution is 6.06. The minimum atomic E-state index is -0.271. The molecule has 0 fully saturated rings. The van der Waals surface area contributed by atoms with Crippen LogP contribution >= 0.6 is 0 Å². The molecule has 0 radical (unpaired) electrons. The summed E-state index contributed by atoms with van der Waals surface area (Å²) in [4.78, 5) is 24.7. The first kappa shape index (κ1) is 9.38. The van der Waals surface area contributed by atoms with Gasteiger partial charge in [-0.25, -0.2) is 0 Å². The smallest absolute Gasteiger partial charge is 0.164 e. The van der Waals surface area contributed by atoms with Crippen molar-refractivity contribution in [3.63, 3.8) is 0 Å². The number of hydrogen-bond donors (Lipinski definition) is 2. The molecule has 4 heteroatoms. The number of Topliss-reactive ketones (excluding diaryl/α,β-unsaturated/α-hetero) is 2. The van der Waals surface area contributed by atoms with Crippen LogP contribution in [0.1, 0.15) is 34.6 Å². The van der Waals surface area contributed by atoms with E-state index in [1.807, 2.05) is 0 Å². The zero-order valence-electron chi connectivity index (χ0n) is 7.47. The van der Waals surface area contributed by atoms with Crippen LogP contribution in [0.15, 0.2) is 12.3 Å². The van der Waals surface area contributed by atoms with E-state index in [1.54, 1.807) is 0 Å². The van der Waals surface area contributed by atoms with Crippen LogP contribution in [0.25, 0.3) is 0 Å². The highest BCUT2D eigenvalue weighted by Crippen LogP contribution is 2.03.